The standard InChI is InChI=1S/C8H16N4O3S/c1-5-15-6(9)12(7(13)10-16-4)8(14)11(2)3/h9H,5H2,1-4H3,(H,10,13). The number of imide groups is 1. The van der Waals surface area contributed by atoms with E-state index in [-0.39, 0.29) is 6.61 Å². The van der Waals surface area contributed by atoms with Gasteiger partial charge in [0.15, 0.2) is 0 Å². The van der Waals surface area contributed by atoms with Crippen LogP contribution < -0.4 is 4.72 Å². The van der Waals surface area contributed by atoms with E-state index in [1.54, 1.807) is 13.2 Å². The molecule has 0 rings (SSSR count). The fraction of sp³-hybridized carbons (Fsp3) is 0.625. The highest BCUT2D eigenvalue weighted by molar-refractivity contribution is 7.97. The first kappa shape index (κ1) is 14.6. The number of carbonyl (C=O) groups excluding carboxylic acids is 2. The summed E-state index contributed by atoms with van der Waals surface area (Å²) < 4.78 is 7.19. The van der Waals surface area contributed by atoms with E-state index in [1.165, 1.54) is 19.0 Å². The summed E-state index contributed by atoms with van der Waals surface area (Å²) in [7, 11) is 2.97. The van der Waals surface area contributed by atoms with Crippen LogP contribution in [0.25, 0.3) is 0 Å². The minimum atomic E-state index is -0.704. The molecule has 0 atom stereocenters. The topological polar surface area (TPSA) is 85.7 Å². The van der Waals surface area contributed by atoms with Crippen molar-refractivity contribution in [3.63, 3.8) is 0 Å². The van der Waals surface area contributed by atoms with Gasteiger partial charge in [-0.1, -0.05) is 11.9 Å². The van der Waals surface area contributed by atoms with Gasteiger partial charge in [0.25, 0.3) is 0 Å². The number of amides is 4. The Morgan fingerprint density at radius 1 is 1.44 bits per heavy atom. The molecule has 8 heteroatoms. The van der Waals surface area contributed by atoms with Crippen LogP contribution in [0, 0.1) is 5.41 Å². The van der Waals surface area contributed by atoms with E-state index in [0.717, 1.165) is 11.9 Å². The maximum Gasteiger partial charge on any atom is 0.343 e. The van der Waals surface area contributed by atoms with Gasteiger partial charge in [0.2, 0.25) is 0 Å². The molecule has 7 nitrogen and oxygen atoms in total. The van der Waals surface area contributed by atoms with Crippen LogP contribution in [0.3, 0.4) is 0 Å². The summed E-state index contributed by atoms with van der Waals surface area (Å²) in [5.41, 5.74) is 0. The lowest BCUT2D eigenvalue weighted by atomic mass is 10.6. The largest absolute Gasteiger partial charge is 0.465 e. The van der Waals surface area contributed by atoms with Crippen LogP contribution in [0.4, 0.5) is 9.59 Å². The second-order valence-electron chi connectivity index (χ2n) is 2.86. The normalized spacial score (nSPS) is 9.25. The molecule has 0 aliphatic heterocycles. The smallest absolute Gasteiger partial charge is 0.343 e. The van der Waals surface area contributed by atoms with Crippen LogP contribution in [-0.2, 0) is 4.74 Å². The lowest BCUT2D eigenvalue weighted by Gasteiger charge is -2.23. The molecule has 0 aromatic heterocycles. The number of urea groups is 2. The second kappa shape index (κ2) is 6.94. The SMILES string of the molecule is CCOC(=N)N(C(=O)NSC)C(=O)N(C)C. The molecule has 0 fully saturated rings. The summed E-state index contributed by atoms with van der Waals surface area (Å²) in [5.74, 6) is 0. The Morgan fingerprint density at radius 2 is 2.00 bits per heavy atom. The Labute approximate surface area is 98.7 Å². The molecule has 0 bridgehead atoms. The van der Waals surface area contributed by atoms with Gasteiger partial charge >= 0.3 is 18.1 Å². The van der Waals surface area contributed by atoms with Gasteiger partial charge in [-0.3, -0.25) is 10.1 Å². The fourth-order valence-electron chi connectivity index (χ4n) is 0.800. The van der Waals surface area contributed by atoms with Crippen LogP contribution in [-0.4, -0.2) is 54.8 Å². The molecule has 16 heavy (non-hydrogen) atoms. The van der Waals surface area contributed by atoms with E-state index < -0.39 is 18.1 Å². The van der Waals surface area contributed by atoms with Crippen LogP contribution in [0.2, 0.25) is 0 Å². The van der Waals surface area contributed by atoms with E-state index in [1.807, 2.05) is 0 Å². The Bertz CT molecular complexity index is 264. The summed E-state index contributed by atoms with van der Waals surface area (Å²) in [4.78, 5) is 25.0. The number of nitrogens with zero attached hydrogens (tertiary/aromatic N) is 2. The molecule has 0 saturated carbocycles. The molecule has 0 spiro atoms. The molecule has 0 aromatic rings. The average molecular weight is 248 g/mol. The first-order valence-electron chi connectivity index (χ1n) is 4.51. The summed E-state index contributed by atoms with van der Waals surface area (Å²) in [6.45, 7) is 1.88. The van der Waals surface area contributed by atoms with Crippen molar-refractivity contribution in [1.82, 2.24) is 14.5 Å². The number of hydrogen-bond acceptors (Lipinski definition) is 5. The molecule has 92 valence electrons. The summed E-state index contributed by atoms with van der Waals surface area (Å²) in [5, 5.41) is 7.46. The summed E-state index contributed by atoms with van der Waals surface area (Å²) in [6, 6.07) is -1.83. The number of nitrogens with one attached hydrogen (secondary N) is 2. The van der Waals surface area contributed by atoms with Gasteiger partial charge in [0.1, 0.15) is 0 Å². The average Bonchev–Trinajstić information content (AvgIpc) is 2.18. The van der Waals surface area contributed by atoms with Crippen molar-refractivity contribution in [3.8, 4) is 0 Å². The van der Waals surface area contributed by atoms with Crippen LogP contribution >= 0.6 is 11.9 Å². The van der Waals surface area contributed by atoms with E-state index in [0.29, 0.717) is 4.90 Å². The molecule has 4 amide bonds. The molecule has 0 aliphatic carbocycles. The Balaban J connectivity index is 4.82. The van der Waals surface area contributed by atoms with Gasteiger partial charge in [-0.25, -0.2) is 9.59 Å². The Morgan fingerprint density at radius 3 is 2.38 bits per heavy atom. The number of carbonyl (C=O) groups is 2. The molecular formula is C8H16N4O3S. The number of hydrogen-bond donors (Lipinski definition) is 2. The van der Waals surface area contributed by atoms with Crippen molar-refractivity contribution in [2.45, 2.75) is 6.92 Å². The maximum atomic E-state index is 11.6. The Kier molecular flexibility index (Phi) is 6.31. The predicted molar refractivity (Wildman–Crippen MR) is 62.3 cm³/mol. The molecular weight excluding hydrogens is 232 g/mol. The van der Waals surface area contributed by atoms with E-state index in [2.05, 4.69) is 4.72 Å². The highest BCUT2D eigenvalue weighted by Crippen LogP contribution is 2.01. The zero-order chi connectivity index (χ0) is 12.7. The molecule has 0 unspecified atom stereocenters. The van der Waals surface area contributed by atoms with Crippen molar-refractivity contribution >= 4 is 30.0 Å². The second-order valence-corrected chi connectivity index (χ2v) is 3.47. The quantitative estimate of drug-likeness (QED) is 0.432. The van der Waals surface area contributed by atoms with Crippen molar-refractivity contribution in [3.05, 3.63) is 0 Å². The van der Waals surface area contributed by atoms with Crippen molar-refractivity contribution in [2.24, 2.45) is 0 Å². The summed E-state index contributed by atoms with van der Waals surface area (Å²) in [6.07, 6.45) is 1.64. The monoisotopic (exact) mass is 248 g/mol. The Hall–Kier alpha value is -1.44. The zero-order valence-corrected chi connectivity index (χ0v) is 10.6. The maximum absolute atomic E-state index is 11.6. The molecule has 2 N–H and O–H groups in total. The van der Waals surface area contributed by atoms with Gasteiger partial charge in [-0.05, 0) is 6.92 Å². The minimum Gasteiger partial charge on any atom is -0.465 e. The van der Waals surface area contributed by atoms with Crippen LogP contribution in [0.1, 0.15) is 6.92 Å². The van der Waals surface area contributed by atoms with Gasteiger partial charge in [-0.15, -0.1) is 0 Å². The van der Waals surface area contributed by atoms with Crippen LogP contribution in [0.15, 0.2) is 0 Å². The first-order chi connectivity index (χ1) is 7.45. The highest BCUT2D eigenvalue weighted by Gasteiger charge is 2.28. The van der Waals surface area contributed by atoms with E-state index >= 15 is 0 Å². The van der Waals surface area contributed by atoms with Gasteiger partial charge in [-0.2, -0.15) is 4.90 Å². The van der Waals surface area contributed by atoms with E-state index in [9.17, 15) is 9.59 Å². The van der Waals surface area contributed by atoms with Gasteiger partial charge in [0, 0.05) is 20.4 Å². The molecule has 0 saturated heterocycles. The molecule has 0 heterocycles. The lowest BCUT2D eigenvalue weighted by molar-refractivity contribution is 0.175. The highest BCUT2D eigenvalue weighted by atomic mass is 32.2. The zero-order valence-electron chi connectivity index (χ0n) is 9.73. The lowest BCUT2D eigenvalue weighted by Crippen LogP contribution is -2.50. The summed E-state index contributed by atoms with van der Waals surface area (Å²) >= 11 is 1.04. The number of ether oxygens (including phenoxy) is 1. The third kappa shape index (κ3) is 3.97. The minimum absolute atomic E-state index is 0.211. The van der Waals surface area contributed by atoms with E-state index in [4.69, 9.17) is 10.1 Å². The fourth-order valence-corrected chi connectivity index (χ4v) is 1.07. The van der Waals surface area contributed by atoms with Crippen molar-refractivity contribution in [1.29, 1.82) is 5.41 Å². The van der Waals surface area contributed by atoms with Crippen molar-refractivity contribution in [2.75, 3.05) is 27.0 Å². The van der Waals surface area contributed by atoms with Gasteiger partial charge < -0.3 is 9.64 Å². The molecule has 0 aliphatic rings. The first-order valence-corrected chi connectivity index (χ1v) is 5.73. The molecule has 0 aromatic carbocycles. The van der Waals surface area contributed by atoms with Gasteiger partial charge in [0.05, 0.1) is 6.61 Å². The van der Waals surface area contributed by atoms with Crippen molar-refractivity contribution < 1.29 is 14.3 Å². The third-order valence-electron chi connectivity index (χ3n) is 1.45. The number of rotatable bonds is 2. The van der Waals surface area contributed by atoms with Crippen LogP contribution in [0.5, 0.6) is 0 Å². The molecule has 0 radical (unpaired) electrons. The predicted octanol–water partition coefficient (Wildman–Crippen LogP) is 0.929. The number of amidine groups is 1. The third-order valence-corrected chi connectivity index (χ3v) is 1.83.